The molecule has 1 aromatic rings. The van der Waals surface area contributed by atoms with Crippen molar-refractivity contribution in [3.63, 3.8) is 0 Å². The summed E-state index contributed by atoms with van der Waals surface area (Å²) in [5, 5.41) is 3.25. The summed E-state index contributed by atoms with van der Waals surface area (Å²) in [6.45, 7) is 0.625. The van der Waals surface area contributed by atoms with Crippen molar-refractivity contribution < 1.29 is 0 Å². The number of hydrogen-bond donors (Lipinski definition) is 1. The van der Waals surface area contributed by atoms with Crippen molar-refractivity contribution in [3.05, 3.63) is 16.1 Å². The number of rotatable bonds is 4. The van der Waals surface area contributed by atoms with Crippen molar-refractivity contribution >= 4 is 17.3 Å². The molecule has 0 saturated heterocycles. The molecule has 0 atom stereocenters. The summed E-state index contributed by atoms with van der Waals surface area (Å²) in [6.07, 6.45) is 5.10. The molecule has 5 heteroatoms. The Morgan fingerprint density at radius 3 is 2.94 bits per heavy atom. The second-order valence-corrected chi connectivity index (χ2v) is 5.90. The molecule has 2 aliphatic carbocycles. The van der Waals surface area contributed by atoms with Crippen LogP contribution in [0.3, 0.4) is 0 Å². The molecule has 92 valence electrons. The first-order valence-electron chi connectivity index (χ1n) is 6.21. The molecule has 2 N–H and O–H groups in total. The van der Waals surface area contributed by atoms with Crippen LogP contribution in [0.25, 0.3) is 0 Å². The monoisotopic (exact) mass is 250 g/mol. The number of guanidine groups is 1. The fourth-order valence-corrected chi connectivity index (χ4v) is 2.67. The van der Waals surface area contributed by atoms with Gasteiger partial charge in [0.25, 0.3) is 0 Å². The van der Waals surface area contributed by atoms with Gasteiger partial charge in [0.2, 0.25) is 0 Å². The van der Waals surface area contributed by atoms with Gasteiger partial charge in [-0.15, -0.1) is 11.3 Å². The highest BCUT2D eigenvalue weighted by Crippen LogP contribution is 2.40. The normalized spacial score (nSPS) is 20.6. The molecule has 0 bridgehead atoms. The molecular weight excluding hydrogens is 232 g/mol. The average Bonchev–Trinajstić information content (AvgIpc) is 3.23. The van der Waals surface area contributed by atoms with Crippen LogP contribution in [0.15, 0.2) is 10.4 Å². The SMILES string of the molecule is CN(C(N)=NCc1nc(C2CC2)cs1)C1CC1. The maximum Gasteiger partial charge on any atom is 0.191 e. The molecule has 0 aliphatic heterocycles. The van der Waals surface area contributed by atoms with Crippen molar-refractivity contribution in [3.8, 4) is 0 Å². The van der Waals surface area contributed by atoms with Gasteiger partial charge < -0.3 is 10.6 Å². The first-order valence-corrected chi connectivity index (χ1v) is 7.09. The fraction of sp³-hybridized carbons (Fsp3) is 0.667. The second kappa shape index (κ2) is 4.29. The van der Waals surface area contributed by atoms with Crippen LogP contribution in [0, 0.1) is 0 Å². The highest BCUT2D eigenvalue weighted by Gasteiger charge is 2.27. The number of nitrogens with two attached hydrogens (primary N) is 1. The van der Waals surface area contributed by atoms with Crippen molar-refractivity contribution in [1.29, 1.82) is 0 Å². The van der Waals surface area contributed by atoms with Crippen molar-refractivity contribution in [2.45, 2.75) is 44.2 Å². The Bertz CT molecular complexity index is 431. The summed E-state index contributed by atoms with van der Waals surface area (Å²) < 4.78 is 0. The number of aliphatic imine (C=N–C) groups is 1. The summed E-state index contributed by atoms with van der Waals surface area (Å²) in [7, 11) is 2.02. The van der Waals surface area contributed by atoms with Crippen LogP contribution in [-0.2, 0) is 6.54 Å². The summed E-state index contributed by atoms with van der Waals surface area (Å²) >= 11 is 1.70. The fourth-order valence-electron chi connectivity index (χ4n) is 1.87. The van der Waals surface area contributed by atoms with Crippen LogP contribution in [-0.4, -0.2) is 28.9 Å². The average molecular weight is 250 g/mol. The smallest absolute Gasteiger partial charge is 0.191 e. The van der Waals surface area contributed by atoms with Crippen molar-refractivity contribution in [1.82, 2.24) is 9.88 Å². The molecule has 2 aliphatic rings. The zero-order valence-electron chi connectivity index (χ0n) is 10.1. The molecule has 4 nitrogen and oxygen atoms in total. The second-order valence-electron chi connectivity index (χ2n) is 4.96. The lowest BCUT2D eigenvalue weighted by Gasteiger charge is -2.16. The summed E-state index contributed by atoms with van der Waals surface area (Å²) in [6, 6.07) is 0.622. The number of thiazole rings is 1. The van der Waals surface area contributed by atoms with E-state index in [1.807, 2.05) is 7.05 Å². The minimum Gasteiger partial charge on any atom is -0.370 e. The Labute approximate surface area is 106 Å². The van der Waals surface area contributed by atoms with E-state index in [-0.39, 0.29) is 0 Å². The predicted molar refractivity (Wildman–Crippen MR) is 70.2 cm³/mol. The Morgan fingerprint density at radius 1 is 1.53 bits per heavy atom. The van der Waals surface area contributed by atoms with Crippen LogP contribution in [0.5, 0.6) is 0 Å². The molecule has 0 spiro atoms. The Kier molecular flexibility index (Phi) is 2.78. The van der Waals surface area contributed by atoms with E-state index >= 15 is 0 Å². The van der Waals surface area contributed by atoms with Gasteiger partial charge in [-0.1, -0.05) is 0 Å². The minimum atomic E-state index is 0.622. The molecule has 3 rings (SSSR count). The molecule has 0 radical (unpaired) electrons. The molecule has 1 heterocycles. The quantitative estimate of drug-likeness (QED) is 0.656. The van der Waals surface area contributed by atoms with Gasteiger partial charge in [-0.2, -0.15) is 0 Å². The van der Waals surface area contributed by atoms with Crippen molar-refractivity contribution in [2.24, 2.45) is 10.7 Å². The van der Waals surface area contributed by atoms with Gasteiger partial charge in [0.15, 0.2) is 5.96 Å². The van der Waals surface area contributed by atoms with E-state index in [0.717, 1.165) is 10.9 Å². The van der Waals surface area contributed by atoms with Crippen LogP contribution < -0.4 is 5.73 Å². The van der Waals surface area contributed by atoms with E-state index in [0.29, 0.717) is 18.5 Å². The Morgan fingerprint density at radius 2 is 2.29 bits per heavy atom. The first-order chi connectivity index (χ1) is 8.24. The third-order valence-corrected chi connectivity index (χ3v) is 4.25. The van der Waals surface area contributed by atoms with Crippen LogP contribution in [0.4, 0.5) is 0 Å². The molecular formula is C12H18N4S. The Hall–Kier alpha value is -1.10. The van der Waals surface area contributed by atoms with Gasteiger partial charge in [-0.25, -0.2) is 9.98 Å². The molecule has 0 amide bonds. The van der Waals surface area contributed by atoms with E-state index in [4.69, 9.17) is 5.73 Å². The standard InChI is InChI=1S/C12H18N4S/c1-16(9-4-5-9)12(13)14-6-11-15-10(7-17-11)8-2-3-8/h7-9H,2-6H2,1H3,(H2,13,14). The Balaban J connectivity index is 1.59. The van der Waals surface area contributed by atoms with E-state index < -0.39 is 0 Å². The largest absolute Gasteiger partial charge is 0.370 e. The summed E-state index contributed by atoms with van der Waals surface area (Å²) in [5.74, 6) is 1.38. The summed E-state index contributed by atoms with van der Waals surface area (Å²) in [5.41, 5.74) is 7.20. The zero-order chi connectivity index (χ0) is 11.8. The van der Waals surface area contributed by atoms with E-state index in [1.165, 1.54) is 31.4 Å². The number of hydrogen-bond acceptors (Lipinski definition) is 3. The lowest BCUT2D eigenvalue weighted by molar-refractivity contribution is 0.487. The molecule has 0 unspecified atom stereocenters. The minimum absolute atomic E-state index is 0.622. The predicted octanol–water partition coefficient (Wildman–Crippen LogP) is 1.93. The maximum atomic E-state index is 5.94. The van der Waals surface area contributed by atoms with Crippen LogP contribution in [0.1, 0.15) is 42.3 Å². The highest BCUT2D eigenvalue weighted by atomic mass is 32.1. The molecule has 0 aromatic carbocycles. The van der Waals surface area contributed by atoms with Crippen LogP contribution >= 0.6 is 11.3 Å². The topological polar surface area (TPSA) is 54.5 Å². The third-order valence-electron chi connectivity index (χ3n) is 3.40. The first kappa shape index (κ1) is 11.0. The number of aromatic nitrogens is 1. The summed E-state index contributed by atoms with van der Waals surface area (Å²) in [4.78, 5) is 11.1. The van der Waals surface area contributed by atoms with Crippen LogP contribution in [0.2, 0.25) is 0 Å². The molecule has 2 fully saturated rings. The lowest BCUT2D eigenvalue weighted by atomic mass is 10.3. The zero-order valence-corrected chi connectivity index (χ0v) is 10.9. The molecule has 2 saturated carbocycles. The molecule has 17 heavy (non-hydrogen) atoms. The van der Waals surface area contributed by atoms with Crippen molar-refractivity contribution in [2.75, 3.05) is 7.05 Å². The molecule has 1 aromatic heterocycles. The number of nitrogens with zero attached hydrogens (tertiary/aromatic N) is 3. The lowest BCUT2D eigenvalue weighted by Crippen LogP contribution is -2.35. The van der Waals surface area contributed by atoms with Gasteiger partial charge in [0.1, 0.15) is 5.01 Å². The maximum absolute atomic E-state index is 5.94. The van der Waals surface area contributed by atoms with Gasteiger partial charge in [0.05, 0.1) is 12.2 Å². The van der Waals surface area contributed by atoms with Gasteiger partial charge in [0, 0.05) is 24.4 Å². The van der Waals surface area contributed by atoms with E-state index in [1.54, 1.807) is 11.3 Å². The van der Waals surface area contributed by atoms with Gasteiger partial charge in [-0.05, 0) is 25.7 Å². The highest BCUT2D eigenvalue weighted by molar-refractivity contribution is 7.09. The van der Waals surface area contributed by atoms with E-state index in [2.05, 4.69) is 20.3 Å². The van der Waals surface area contributed by atoms with Gasteiger partial charge >= 0.3 is 0 Å². The van der Waals surface area contributed by atoms with E-state index in [9.17, 15) is 0 Å². The van der Waals surface area contributed by atoms with Gasteiger partial charge in [-0.3, -0.25) is 0 Å². The third kappa shape index (κ3) is 2.60.